The maximum absolute atomic E-state index is 10.8. The first-order chi connectivity index (χ1) is 7.04. The highest BCUT2D eigenvalue weighted by molar-refractivity contribution is 5.47. The lowest BCUT2D eigenvalue weighted by molar-refractivity contribution is -0.385. The average molecular weight is 207 g/mol. The Bertz CT molecular complexity index is 361. The fourth-order valence-electron chi connectivity index (χ4n) is 1.34. The van der Waals surface area contributed by atoms with Crippen LogP contribution in [0.4, 0.5) is 5.69 Å². The van der Waals surface area contributed by atoms with Crippen molar-refractivity contribution in [2.75, 3.05) is 0 Å². The summed E-state index contributed by atoms with van der Waals surface area (Å²) in [5.41, 5.74) is 1.03. The van der Waals surface area contributed by atoms with Crippen molar-refractivity contribution in [2.45, 2.75) is 20.5 Å². The zero-order valence-electron chi connectivity index (χ0n) is 8.77. The highest BCUT2D eigenvalue weighted by Gasteiger charge is 2.15. The molecule has 1 aromatic rings. The van der Waals surface area contributed by atoms with E-state index >= 15 is 0 Å². The zero-order chi connectivity index (χ0) is 11.4. The first-order valence-electron chi connectivity index (χ1n) is 4.75. The van der Waals surface area contributed by atoms with Crippen molar-refractivity contribution in [1.29, 1.82) is 0 Å². The summed E-state index contributed by atoms with van der Waals surface area (Å²) in [6.07, 6.45) is 1.81. The third-order valence-corrected chi connectivity index (χ3v) is 1.97. The first-order valence-corrected chi connectivity index (χ1v) is 4.75. The lowest BCUT2D eigenvalue weighted by atomic mass is 10.00. The number of rotatable bonds is 4. The summed E-state index contributed by atoms with van der Waals surface area (Å²) < 4.78 is 0. The van der Waals surface area contributed by atoms with E-state index in [1.165, 1.54) is 6.07 Å². The number of nitrogens with zero attached hydrogens (tertiary/aromatic N) is 1. The molecule has 0 aliphatic rings. The quantitative estimate of drug-likeness (QED) is 0.562. The van der Waals surface area contributed by atoms with Crippen LogP contribution < -0.4 is 0 Å². The van der Waals surface area contributed by atoms with Gasteiger partial charge in [-0.25, -0.2) is 5.11 Å². The van der Waals surface area contributed by atoms with Crippen LogP contribution in [0.15, 0.2) is 18.2 Å². The Morgan fingerprint density at radius 3 is 2.60 bits per heavy atom. The summed E-state index contributed by atoms with van der Waals surface area (Å²) >= 11 is 0. The molecule has 0 N–H and O–H groups in total. The Balaban J connectivity index is 3.09. The van der Waals surface area contributed by atoms with Crippen LogP contribution in [-0.2, 0) is 11.7 Å². The lowest BCUT2D eigenvalue weighted by Gasteiger charge is -2.06. The van der Waals surface area contributed by atoms with Crippen LogP contribution in [0.25, 0.3) is 0 Å². The summed E-state index contributed by atoms with van der Waals surface area (Å²) in [7, 11) is 0. The minimum absolute atomic E-state index is 0.0112. The first kappa shape index (κ1) is 11.7. The highest BCUT2D eigenvalue weighted by Crippen LogP contribution is 2.24. The fourth-order valence-corrected chi connectivity index (χ4v) is 1.34. The molecule has 0 amide bonds. The number of nitro benzene ring substituents is 1. The van der Waals surface area contributed by atoms with Crippen LogP contribution in [-0.4, -0.2) is 4.92 Å². The molecule has 4 nitrogen and oxygen atoms in total. The largest absolute Gasteiger partial charge is 0.273 e. The monoisotopic (exact) mass is 207 g/mol. The van der Waals surface area contributed by atoms with Gasteiger partial charge in [0.25, 0.3) is 5.69 Å². The maximum atomic E-state index is 10.8. The molecule has 0 saturated carbocycles. The van der Waals surface area contributed by atoms with E-state index in [9.17, 15) is 15.2 Å². The van der Waals surface area contributed by atoms with Gasteiger partial charge in [-0.15, -0.1) is 0 Å². The second kappa shape index (κ2) is 4.89. The lowest BCUT2D eigenvalue weighted by Crippen LogP contribution is -1.99. The Kier molecular flexibility index (Phi) is 3.80. The van der Waals surface area contributed by atoms with Gasteiger partial charge < -0.3 is 0 Å². The van der Waals surface area contributed by atoms with E-state index in [-0.39, 0.29) is 11.6 Å². The van der Waals surface area contributed by atoms with Gasteiger partial charge in [0.05, 0.1) is 4.92 Å². The number of nitro groups is 1. The Morgan fingerprint density at radius 1 is 1.47 bits per heavy atom. The molecule has 0 aliphatic carbocycles. The second-order valence-electron chi connectivity index (χ2n) is 3.71. The summed E-state index contributed by atoms with van der Waals surface area (Å²) in [5.74, 6) is 0.238. The van der Waals surface area contributed by atoms with E-state index < -0.39 is 11.5 Å². The second-order valence-corrected chi connectivity index (χ2v) is 3.71. The molecule has 1 rings (SSSR count). The molecule has 0 bridgehead atoms. The van der Waals surface area contributed by atoms with Crippen molar-refractivity contribution in [1.82, 2.24) is 0 Å². The number of hydrogen-bond acceptors (Lipinski definition) is 2. The van der Waals surface area contributed by atoms with Crippen LogP contribution in [0, 0.1) is 22.5 Å². The number of benzene rings is 1. The molecule has 0 aromatic heterocycles. The van der Waals surface area contributed by atoms with Gasteiger partial charge >= 0.3 is 0 Å². The van der Waals surface area contributed by atoms with E-state index in [0.29, 0.717) is 11.1 Å². The molecule has 0 saturated heterocycles. The van der Waals surface area contributed by atoms with Gasteiger partial charge in [0.15, 0.2) is 0 Å². The van der Waals surface area contributed by atoms with Crippen LogP contribution in [0.1, 0.15) is 25.0 Å². The summed E-state index contributed by atoms with van der Waals surface area (Å²) in [6, 6.07) is 4.61. The van der Waals surface area contributed by atoms with Gasteiger partial charge in [-0.1, -0.05) is 26.0 Å². The molecular weight excluding hydrogens is 194 g/mol. The van der Waals surface area contributed by atoms with Crippen LogP contribution >= 0.6 is 0 Å². The van der Waals surface area contributed by atoms with E-state index in [1.54, 1.807) is 12.1 Å². The van der Waals surface area contributed by atoms with E-state index in [0.717, 1.165) is 0 Å². The van der Waals surface area contributed by atoms with Crippen molar-refractivity contribution in [3.8, 4) is 0 Å². The molecule has 4 heteroatoms. The van der Waals surface area contributed by atoms with Gasteiger partial charge in [0.2, 0.25) is 0 Å². The molecule has 0 atom stereocenters. The molecule has 0 unspecified atom stereocenters. The summed E-state index contributed by atoms with van der Waals surface area (Å²) in [6.45, 7) is 3.47. The molecular formula is C11H13NO3. The minimum atomic E-state index is -0.451. The van der Waals surface area contributed by atoms with Crippen LogP contribution in [0.2, 0.25) is 0 Å². The van der Waals surface area contributed by atoms with Crippen molar-refractivity contribution in [3.63, 3.8) is 0 Å². The van der Waals surface area contributed by atoms with E-state index in [4.69, 9.17) is 0 Å². The van der Waals surface area contributed by atoms with Gasteiger partial charge in [0.1, 0.15) is 6.61 Å². The Labute approximate surface area is 88.7 Å². The van der Waals surface area contributed by atoms with Crippen LogP contribution in [0.3, 0.4) is 0 Å². The fraction of sp³-hybridized carbons (Fsp3) is 0.364. The molecule has 2 radical (unpaired) electrons. The topological polar surface area (TPSA) is 63.0 Å². The van der Waals surface area contributed by atoms with Crippen molar-refractivity contribution >= 4 is 5.69 Å². The predicted molar refractivity (Wildman–Crippen MR) is 55.7 cm³/mol. The normalized spacial score (nSPS) is 10.7. The molecule has 0 heterocycles. The van der Waals surface area contributed by atoms with Gasteiger partial charge in [-0.05, 0) is 11.5 Å². The van der Waals surface area contributed by atoms with E-state index in [1.807, 2.05) is 20.3 Å². The third kappa shape index (κ3) is 3.02. The van der Waals surface area contributed by atoms with Crippen molar-refractivity contribution in [3.05, 3.63) is 45.9 Å². The zero-order valence-corrected chi connectivity index (χ0v) is 8.77. The summed E-state index contributed by atoms with van der Waals surface area (Å²) in [4.78, 5) is 10.3. The average Bonchev–Trinajstić information content (AvgIpc) is 2.17. The molecule has 15 heavy (non-hydrogen) atoms. The summed E-state index contributed by atoms with van der Waals surface area (Å²) in [5, 5.41) is 21.4. The molecule has 0 aliphatic heterocycles. The van der Waals surface area contributed by atoms with Gasteiger partial charge in [-0.2, -0.15) is 0 Å². The SMILES string of the molecule is CC(C)[CH]c1ccc(C[O])cc1[N+](=O)[O-]. The molecule has 0 spiro atoms. The van der Waals surface area contributed by atoms with Crippen molar-refractivity contribution < 1.29 is 10.0 Å². The van der Waals surface area contributed by atoms with Gasteiger partial charge in [-0.3, -0.25) is 10.1 Å². The van der Waals surface area contributed by atoms with Crippen LogP contribution in [0.5, 0.6) is 0 Å². The van der Waals surface area contributed by atoms with E-state index in [2.05, 4.69) is 0 Å². The molecule has 1 aromatic carbocycles. The Hall–Kier alpha value is -1.42. The molecule has 80 valence electrons. The minimum Gasteiger partial charge on any atom is -0.258 e. The highest BCUT2D eigenvalue weighted by atomic mass is 16.6. The standard InChI is InChI=1S/C11H13NO3/c1-8(2)5-10-4-3-9(7-13)6-11(10)12(14)15/h3-6,8H,7H2,1-2H3. The number of hydrogen-bond donors (Lipinski definition) is 0. The maximum Gasteiger partial charge on any atom is 0.273 e. The Morgan fingerprint density at radius 2 is 2.13 bits per heavy atom. The smallest absolute Gasteiger partial charge is 0.258 e. The van der Waals surface area contributed by atoms with Gasteiger partial charge in [0, 0.05) is 18.1 Å². The predicted octanol–water partition coefficient (Wildman–Crippen LogP) is 2.73. The molecule has 0 fully saturated rings. The van der Waals surface area contributed by atoms with Crippen molar-refractivity contribution in [2.24, 2.45) is 5.92 Å². The third-order valence-electron chi connectivity index (χ3n) is 1.97.